The summed E-state index contributed by atoms with van der Waals surface area (Å²) in [4.78, 5) is 20.3. The van der Waals surface area contributed by atoms with Crippen LogP contribution in [0.1, 0.15) is 68.1 Å². The lowest BCUT2D eigenvalue weighted by molar-refractivity contribution is -0.134. The van der Waals surface area contributed by atoms with Crippen LogP contribution in [-0.4, -0.2) is 27.5 Å². The van der Waals surface area contributed by atoms with Gasteiger partial charge in [0.2, 0.25) is 11.8 Å². The highest BCUT2D eigenvalue weighted by Crippen LogP contribution is 2.31. The summed E-state index contributed by atoms with van der Waals surface area (Å²) >= 11 is 1.62. The lowest BCUT2D eigenvalue weighted by Gasteiger charge is -2.33. The molecule has 1 aliphatic heterocycles. The van der Waals surface area contributed by atoms with E-state index in [2.05, 4.69) is 24.0 Å². The minimum atomic E-state index is -0.0680. The number of nitrogens with zero attached hydrogens (tertiary/aromatic N) is 3. The quantitative estimate of drug-likeness (QED) is 0.831. The molecule has 3 rings (SSSR count). The minimum Gasteiger partial charge on any atom is -0.337 e. The SMILES string of the molecule is CCC(C)c1noc(C2CCCCN2C(=O)Cc2cccs2)n1. The van der Waals surface area contributed by atoms with Crippen LogP contribution in [-0.2, 0) is 11.2 Å². The summed E-state index contributed by atoms with van der Waals surface area (Å²) < 4.78 is 5.49. The third-order valence-corrected chi connectivity index (χ3v) is 5.40. The third-order valence-electron chi connectivity index (χ3n) is 4.52. The van der Waals surface area contributed by atoms with E-state index in [-0.39, 0.29) is 17.9 Å². The first kappa shape index (κ1) is 16.2. The van der Waals surface area contributed by atoms with Gasteiger partial charge in [0, 0.05) is 17.3 Å². The first-order valence-electron chi connectivity index (χ1n) is 8.34. The summed E-state index contributed by atoms with van der Waals surface area (Å²) in [6, 6.07) is 3.92. The van der Waals surface area contributed by atoms with Gasteiger partial charge in [0.05, 0.1) is 6.42 Å². The Balaban J connectivity index is 1.75. The Kier molecular flexibility index (Phi) is 5.10. The van der Waals surface area contributed by atoms with E-state index >= 15 is 0 Å². The number of carbonyl (C=O) groups excluding carboxylic acids is 1. The second-order valence-corrected chi connectivity index (χ2v) is 7.19. The van der Waals surface area contributed by atoms with Crippen LogP contribution in [0.2, 0.25) is 0 Å². The topological polar surface area (TPSA) is 59.2 Å². The molecule has 0 aliphatic carbocycles. The maximum absolute atomic E-state index is 12.7. The Bertz CT molecular complexity index is 638. The largest absolute Gasteiger partial charge is 0.337 e. The summed E-state index contributed by atoms with van der Waals surface area (Å²) in [6.07, 6.45) is 4.47. The van der Waals surface area contributed by atoms with Gasteiger partial charge >= 0.3 is 0 Å². The zero-order valence-corrected chi connectivity index (χ0v) is 14.5. The van der Waals surface area contributed by atoms with Gasteiger partial charge in [-0.15, -0.1) is 11.3 Å². The molecule has 0 aromatic carbocycles. The molecule has 6 heteroatoms. The summed E-state index contributed by atoms with van der Waals surface area (Å²) in [5, 5.41) is 6.12. The van der Waals surface area contributed by atoms with Crippen molar-refractivity contribution in [3.05, 3.63) is 34.1 Å². The van der Waals surface area contributed by atoms with E-state index < -0.39 is 0 Å². The standard InChI is InChI=1S/C17H23N3O2S/c1-3-12(2)16-18-17(22-19-16)14-8-4-5-9-20(14)15(21)11-13-7-6-10-23-13/h6-7,10,12,14H,3-5,8-9,11H2,1-2H3. The minimum absolute atomic E-state index is 0.0680. The van der Waals surface area contributed by atoms with Crippen molar-refractivity contribution in [1.29, 1.82) is 0 Å². The number of hydrogen-bond donors (Lipinski definition) is 0. The highest BCUT2D eigenvalue weighted by atomic mass is 32.1. The average Bonchev–Trinajstić information content (AvgIpc) is 3.25. The van der Waals surface area contributed by atoms with E-state index in [0.717, 1.165) is 42.9 Å². The first-order chi connectivity index (χ1) is 11.2. The van der Waals surface area contributed by atoms with Crippen LogP contribution in [0.4, 0.5) is 0 Å². The van der Waals surface area contributed by atoms with Crippen molar-refractivity contribution in [3.63, 3.8) is 0 Å². The van der Waals surface area contributed by atoms with Crippen LogP contribution in [0.15, 0.2) is 22.0 Å². The molecule has 0 radical (unpaired) electrons. The van der Waals surface area contributed by atoms with Crippen LogP contribution in [0.3, 0.4) is 0 Å². The fraction of sp³-hybridized carbons (Fsp3) is 0.588. The number of thiophene rings is 1. The maximum atomic E-state index is 12.7. The van der Waals surface area contributed by atoms with Crippen LogP contribution < -0.4 is 0 Å². The molecule has 1 amide bonds. The number of likely N-dealkylation sites (tertiary alicyclic amines) is 1. The average molecular weight is 333 g/mol. The smallest absolute Gasteiger partial charge is 0.249 e. The Morgan fingerprint density at radius 1 is 1.52 bits per heavy atom. The van der Waals surface area contributed by atoms with Gasteiger partial charge < -0.3 is 9.42 Å². The van der Waals surface area contributed by atoms with Gasteiger partial charge in [-0.25, -0.2) is 0 Å². The van der Waals surface area contributed by atoms with Gasteiger partial charge in [-0.1, -0.05) is 25.1 Å². The molecule has 124 valence electrons. The molecule has 0 spiro atoms. The van der Waals surface area contributed by atoms with E-state index in [1.165, 1.54) is 0 Å². The highest BCUT2D eigenvalue weighted by Gasteiger charge is 2.32. The molecule has 23 heavy (non-hydrogen) atoms. The van der Waals surface area contributed by atoms with Gasteiger partial charge in [-0.3, -0.25) is 4.79 Å². The van der Waals surface area contributed by atoms with E-state index in [9.17, 15) is 4.79 Å². The van der Waals surface area contributed by atoms with Crippen LogP contribution in [0.5, 0.6) is 0 Å². The van der Waals surface area contributed by atoms with Crippen LogP contribution in [0.25, 0.3) is 0 Å². The Morgan fingerprint density at radius 3 is 3.13 bits per heavy atom. The Hall–Kier alpha value is -1.69. The highest BCUT2D eigenvalue weighted by molar-refractivity contribution is 7.10. The molecule has 1 fully saturated rings. The van der Waals surface area contributed by atoms with E-state index in [1.807, 2.05) is 22.4 Å². The van der Waals surface area contributed by atoms with Gasteiger partial charge in [-0.2, -0.15) is 4.98 Å². The van der Waals surface area contributed by atoms with Crippen molar-refractivity contribution in [3.8, 4) is 0 Å². The van der Waals surface area contributed by atoms with Gasteiger partial charge in [-0.05, 0) is 37.1 Å². The van der Waals surface area contributed by atoms with E-state index in [4.69, 9.17) is 4.52 Å². The molecular weight excluding hydrogens is 310 g/mol. The van der Waals surface area contributed by atoms with Crippen molar-refractivity contribution in [2.24, 2.45) is 0 Å². The number of aromatic nitrogens is 2. The van der Waals surface area contributed by atoms with Crippen molar-refractivity contribution in [2.75, 3.05) is 6.54 Å². The van der Waals surface area contributed by atoms with Crippen molar-refractivity contribution in [1.82, 2.24) is 15.0 Å². The molecule has 2 unspecified atom stereocenters. The maximum Gasteiger partial charge on any atom is 0.249 e. The van der Waals surface area contributed by atoms with Crippen LogP contribution >= 0.6 is 11.3 Å². The second-order valence-electron chi connectivity index (χ2n) is 6.15. The molecular formula is C17H23N3O2S. The molecule has 1 saturated heterocycles. The van der Waals surface area contributed by atoms with Gasteiger partial charge in [0.15, 0.2) is 5.82 Å². The Labute approximate surface area is 140 Å². The normalized spacial score (nSPS) is 19.7. The first-order valence-corrected chi connectivity index (χ1v) is 9.22. The molecule has 2 aromatic rings. The molecule has 0 N–H and O–H groups in total. The second kappa shape index (κ2) is 7.25. The molecule has 2 aromatic heterocycles. The van der Waals surface area contributed by atoms with E-state index in [0.29, 0.717) is 12.3 Å². The monoisotopic (exact) mass is 333 g/mol. The summed E-state index contributed by atoms with van der Waals surface area (Å²) in [6.45, 7) is 4.98. The zero-order valence-electron chi connectivity index (χ0n) is 13.7. The lowest BCUT2D eigenvalue weighted by atomic mass is 10.0. The fourth-order valence-corrected chi connectivity index (χ4v) is 3.61. The van der Waals surface area contributed by atoms with Crippen molar-refractivity contribution in [2.45, 2.75) is 57.9 Å². The summed E-state index contributed by atoms with van der Waals surface area (Å²) in [7, 11) is 0. The number of piperidine rings is 1. The van der Waals surface area contributed by atoms with Gasteiger partial charge in [0.25, 0.3) is 0 Å². The number of amides is 1. The predicted molar refractivity (Wildman–Crippen MR) is 89.3 cm³/mol. The molecule has 3 heterocycles. The zero-order chi connectivity index (χ0) is 16.2. The fourth-order valence-electron chi connectivity index (χ4n) is 2.92. The summed E-state index contributed by atoms with van der Waals surface area (Å²) in [5.74, 6) is 1.78. The Morgan fingerprint density at radius 2 is 2.39 bits per heavy atom. The van der Waals surface area contributed by atoms with Gasteiger partial charge in [0.1, 0.15) is 6.04 Å². The number of rotatable bonds is 5. The van der Waals surface area contributed by atoms with Crippen molar-refractivity contribution < 1.29 is 9.32 Å². The number of carbonyl (C=O) groups is 1. The summed E-state index contributed by atoms with van der Waals surface area (Å²) in [5.41, 5.74) is 0. The molecule has 0 bridgehead atoms. The van der Waals surface area contributed by atoms with Crippen LogP contribution in [0, 0.1) is 0 Å². The molecule has 1 aliphatic rings. The predicted octanol–water partition coefficient (Wildman–Crippen LogP) is 3.94. The van der Waals surface area contributed by atoms with Crippen molar-refractivity contribution >= 4 is 17.2 Å². The third kappa shape index (κ3) is 3.63. The molecule has 2 atom stereocenters. The van der Waals surface area contributed by atoms with E-state index in [1.54, 1.807) is 11.3 Å². The number of hydrogen-bond acceptors (Lipinski definition) is 5. The lowest BCUT2D eigenvalue weighted by Crippen LogP contribution is -2.39. The molecule has 0 saturated carbocycles. The molecule has 5 nitrogen and oxygen atoms in total.